The highest BCUT2D eigenvalue weighted by atomic mass is 16.5. The Bertz CT molecular complexity index is 391. The molecule has 0 aliphatic heterocycles. The lowest BCUT2D eigenvalue weighted by Crippen LogP contribution is -2.29. The van der Waals surface area contributed by atoms with Crippen LogP contribution in [0.5, 0.6) is 0 Å². The van der Waals surface area contributed by atoms with Crippen LogP contribution in [0.4, 0.5) is 0 Å². The van der Waals surface area contributed by atoms with E-state index in [1.807, 2.05) is 0 Å². The first-order valence-electron chi connectivity index (χ1n) is 5.44. The third kappa shape index (κ3) is 2.25. The van der Waals surface area contributed by atoms with E-state index in [-0.39, 0.29) is 12.0 Å². The van der Waals surface area contributed by atoms with Gasteiger partial charge in [-0.3, -0.25) is 0 Å². The van der Waals surface area contributed by atoms with E-state index in [2.05, 4.69) is 6.07 Å². The van der Waals surface area contributed by atoms with E-state index in [1.165, 1.54) is 12.5 Å². The molecule has 1 saturated carbocycles. The van der Waals surface area contributed by atoms with Gasteiger partial charge in [-0.15, -0.1) is 0 Å². The number of hydrogen-bond acceptors (Lipinski definition) is 4. The second kappa shape index (κ2) is 4.84. The third-order valence-corrected chi connectivity index (χ3v) is 2.88. The Hall–Kier alpha value is -1.76. The Morgan fingerprint density at radius 3 is 3.00 bits per heavy atom. The molecule has 0 saturated heterocycles. The average Bonchev–Trinajstić information content (AvgIpc) is 2.83. The molecule has 1 aliphatic carbocycles. The normalized spacial score (nSPS) is 24.7. The molecule has 2 rings (SSSR count). The number of ether oxygens (including phenoxy) is 1. The number of nitriles is 1. The Kier molecular flexibility index (Phi) is 3.25. The van der Waals surface area contributed by atoms with E-state index < -0.39 is 5.97 Å². The quantitative estimate of drug-likeness (QED) is 0.717. The smallest absolute Gasteiger partial charge is 0.341 e. The lowest BCUT2D eigenvalue weighted by atomic mass is 9.87. The maximum absolute atomic E-state index is 11.6. The fourth-order valence-electron chi connectivity index (χ4n) is 1.97. The van der Waals surface area contributed by atoms with Gasteiger partial charge in [0.25, 0.3) is 0 Å². The van der Waals surface area contributed by atoms with Gasteiger partial charge >= 0.3 is 5.97 Å². The van der Waals surface area contributed by atoms with E-state index in [0.29, 0.717) is 5.56 Å². The number of hydrogen-bond donors (Lipinski definition) is 0. The van der Waals surface area contributed by atoms with Crippen molar-refractivity contribution in [2.24, 2.45) is 5.92 Å². The lowest BCUT2D eigenvalue weighted by Gasteiger charge is -2.26. The van der Waals surface area contributed by atoms with Gasteiger partial charge in [-0.1, -0.05) is 6.42 Å². The van der Waals surface area contributed by atoms with Crippen LogP contribution in [-0.4, -0.2) is 12.1 Å². The largest absolute Gasteiger partial charge is 0.472 e. The molecular weight excluding hydrogens is 206 g/mol. The first-order valence-corrected chi connectivity index (χ1v) is 5.44. The molecule has 84 valence electrons. The molecule has 16 heavy (non-hydrogen) atoms. The van der Waals surface area contributed by atoms with Crippen molar-refractivity contribution >= 4 is 5.97 Å². The molecule has 2 atom stereocenters. The van der Waals surface area contributed by atoms with Crippen LogP contribution in [0.3, 0.4) is 0 Å². The Morgan fingerprint density at radius 2 is 2.31 bits per heavy atom. The fourth-order valence-corrected chi connectivity index (χ4v) is 1.97. The predicted octanol–water partition coefficient (Wildman–Crippen LogP) is 2.52. The Labute approximate surface area is 93.8 Å². The highest BCUT2D eigenvalue weighted by molar-refractivity contribution is 5.89. The van der Waals surface area contributed by atoms with E-state index in [9.17, 15) is 4.79 Å². The van der Waals surface area contributed by atoms with Gasteiger partial charge in [0.05, 0.1) is 23.8 Å². The zero-order valence-corrected chi connectivity index (χ0v) is 8.89. The van der Waals surface area contributed by atoms with Crippen molar-refractivity contribution in [2.75, 3.05) is 0 Å². The summed E-state index contributed by atoms with van der Waals surface area (Å²) >= 11 is 0. The lowest BCUT2D eigenvalue weighted by molar-refractivity contribution is 0.0107. The fraction of sp³-hybridized carbons (Fsp3) is 0.500. The number of esters is 1. The zero-order chi connectivity index (χ0) is 11.4. The maximum Gasteiger partial charge on any atom is 0.341 e. The van der Waals surface area contributed by atoms with E-state index in [0.717, 1.165) is 25.7 Å². The first kappa shape index (κ1) is 10.7. The van der Waals surface area contributed by atoms with Gasteiger partial charge in [0.2, 0.25) is 0 Å². The maximum atomic E-state index is 11.6. The standard InChI is InChI=1S/C12H13NO3/c13-7-9-3-1-2-4-11(9)16-12(14)10-5-6-15-8-10/h5-6,8-9,11H,1-4H2/t9-,11-/m1/s1. The van der Waals surface area contributed by atoms with Crippen molar-refractivity contribution in [1.29, 1.82) is 5.26 Å². The van der Waals surface area contributed by atoms with Crippen molar-refractivity contribution in [3.05, 3.63) is 24.2 Å². The molecule has 0 N–H and O–H groups in total. The minimum Gasteiger partial charge on any atom is -0.472 e. The van der Waals surface area contributed by atoms with Crippen molar-refractivity contribution < 1.29 is 13.9 Å². The summed E-state index contributed by atoms with van der Waals surface area (Å²) in [6.07, 6.45) is 6.17. The molecule has 1 aromatic heterocycles. The molecule has 1 fully saturated rings. The summed E-state index contributed by atoms with van der Waals surface area (Å²) in [5, 5.41) is 8.95. The molecule has 0 radical (unpaired) electrons. The monoisotopic (exact) mass is 219 g/mol. The van der Waals surface area contributed by atoms with Crippen LogP contribution in [0.15, 0.2) is 23.0 Å². The van der Waals surface area contributed by atoms with Gasteiger partial charge in [-0.2, -0.15) is 5.26 Å². The topological polar surface area (TPSA) is 63.2 Å². The predicted molar refractivity (Wildman–Crippen MR) is 55.5 cm³/mol. The van der Waals surface area contributed by atoms with Crippen LogP contribution in [0.2, 0.25) is 0 Å². The van der Waals surface area contributed by atoms with E-state index in [1.54, 1.807) is 6.07 Å². The van der Waals surface area contributed by atoms with Crippen LogP contribution in [0.25, 0.3) is 0 Å². The highest BCUT2D eigenvalue weighted by Gasteiger charge is 2.28. The van der Waals surface area contributed by atoms with Crippen LogP contribution < -0.4 is 0 Å². The minimum absolute atomic E-state index is 0.162. The minimum atomic E-state index is -0.402. The third-order valence-electron chi connectivity index (χ3n) is 2.88. The van der Waals surface area contributed by atoms with Crippen LogP contribution in [0.1, 0.15) is 36.0 Å². The SMILES string of the molecule is N#C[C@H]1CCCC[C@H]1OC(=O)c1ccoc1. The summed E-state index contributed by atoms with van der Waals surface area (Å²) in [6.45, 7) is 0. The van der Waals surface area contributed by atoms with Gasteiger partial charge in [0.15, 0.2) is 0 Å². The van der Waals surface area contributed by atoms with Gasteiger partial charge < -0.3 is 9.15 Å². The summed E-state index contributed by atoms with van der Waals surface area (Å²) in [7, 11) is 0. The zero-order valence-electron chi connectivity index (χ0n) is 8.89. The van der Waals surface area contributed by atoms with Gasteiger partial charge in [0, 0.05) is 0 Å². The molecule has 0 aromatic carbocycles. The van der Waals surface area contributed by atoms with Crippen LogP contribution in [0, 0.1) is 17.2 Å². The van der Waals surface area contributed by atoms with Gasteiger partial charge in [0.1, 0.15) is 12.4 Å². The van der Waals surface area contributed by atoms with Gasteiger partial charge in [-0.05, 0) is 25.3 Å². The molecule has 4 heteroatoms. The van der Waals surface area contributed by atoms with E-state index in [4.69, 9.17) is 14.4 Å². The first-order chi connectivity index (χ1) is 7.81. The summed E-state index contributed by atoms with van der Waals surface area (Å²) in [4.78, 5) is 11.6. The van der Waals surface area contributed by atoms with Crippen molar-refractivity contribution in [3.8, 4) is 6.07 Å². The molecule has 0 spiro atoms. The molecule has 1 aliphatic rings. The molecule has 0 amide bonds. The van der Waals surface area contributed by atoms with Crippen LogP contribution >= 0.6 is 0 Å². The van der Waals surface area contributed by atoms with Gasteiger partial charge in [-0.25, -0.2) is 4.79 Å². The molecule has 1 heterocycles. The Morgan fingerprint density at radius 1 is 1.50 bits per heavy atom. The summed E-state index contributed by atoms with van der Waals surface area (Å²) in [6, 6.07) is 3.77. The Balaban J connectivity index is 1.98. The number of nitrogens with zero attached hydrogens (tertiary/aromatic N) is 1. The number of rotatable bonds is 2. The second-order valence-electron chi connectivity index (χ2n) is 3.98. The second-order valence-corrected chi connectivity index (χ2v) is 3.98. The molecule has 0 unspecified atom stereocenters. The number of carbonyl (C=O) groups is 1. The van der Waals surface area contributed by atoms with Crippen molar-refractivity contribution in [2.45, 2.75) is 31.8 Å². The molecule has 4 nitrogen and oxygen atoms in total. The summed E-state index contributed by atoms with van der Waals surface area (Å²) < 4.78 is 10.1. The van der Waals surface area contributed by atoms with Crippen molar-refractivity contribution in [3.63, 3.8) is 0 Å². The summed E-state index contributed by atoms with van der Waals surface area (Å²) in [5.41, 5.74) is 0.405. The molecular formula is C12H13NO3. The molecule has 0 bridgehead atoms. The van der Waals surface area contributed by atoms with Crippen molar-refractivity contribution in [1.82, 2.24) is 0 Å². The molecule has 1 aromatic rings. The number of carbonyl (C=O) groups excluding carboxylic acids is 1. The summed E-state index contributed by atoms with van der Waals surface area (Å²) in [5.74, 6) is -0.564. The van der Waals surface area contributed by atoms with Crippen LogP contribution in [-0.2, 0) is 4.74 Å². The number of furan rings is 1. The average molecular weight is 219 g/mol. The van der Waals surface area contributed by atoms with E-state index >= 15 is 0 Å². The highest BCUT2D eigenvalue weighted by Crippen LogP contribution is 2.27.